The van der Waals surface area contributed by atoms with Crippen molar-refractivity contribution >= 4 is 55.6 Å². The van der Waals surface area contributed by atoms with Gasteiger partial charge < -0.3 is 18.6 Å². The first kappa shape index (κ1) is 39.3. The number of nitrogens with zero attached hydrogens (tertiary/aromatic N) is 3. The molecule has 7 heteroatoms. The van der Waals surface area contributed by atoms with E-state index in [-0.39, 0.29) is 11.9 Å². The van der Waals surface area contributed by atoms with Crippen molar-refractivity contribution in [2.75, 3.05) is 14.2 Å². The molecule has 0 saturated heterocycles. The average Bonchev–Trinajstić information content (AvgIpc) is 3.77. The Morgan fingerprint density at radius 2 is 0.867 bits per heavy atom. The van der Waals surface area contributed by atoms with Crippen LogP contribution in [0.4, 0.5) is 0 Å². The number of esters is 2. The lowest BCUT2D eigenvalue weighted by Gasteiger charge is -2.32. The van der Waals surface area contributed by atoms with E-state index in [0.717, 1.165) is 87.0 Å². The first-order valence-corrected chi connectivity index (χ1v) is 21.6. The number of aryl methyl sites for hydroxylation is 2. The molecule has 2 aromatic heterocycles. The first-order chi connectivity index (χ1) is 29.4. The lowest BCUT2D eigenvalue weighted by molar-refractivity contribution is 0.0592. The summed E-state index contributed by atoms with van der Waals surface area (Å²) in [6.07, 6.45) is 6.68. The van der Waals surface area contributed by atoms with E-state index in [1.54, 1.807) is 0 Å². The van der Waals surface area contributed by atoms with Gasteiger partial charge in [0.25, 0.3) is 0 Å². The van der Waals surface area contributed by atoms with Crippen molar-refractivity contribution in [3.63, 3.8) is 0 Å². The summed E-state index contributed by atoms with van der Waals surface area (Å²) in [6, 6.07) is 43.9. The van der Waals surface area contributed by atoms with Gasteiger partial charge in [-0.05, 0) is 132 Å². The Kier molecular flexibility index (Phi) is 11.0. The summed E-state index contributed by atoms with van der Waals surface area (Å²) in [7, 11) is 2.83. The van der Waals surface area contributed by atoms with E-state index in [9.17, 15) is 9.59 Å². The Morgan fingerprint density at radius 1 is 0.500 bits per heavy atom. The molecular formula is C53H53N3O4. The van der Waals surface area contributed by atoms with Crippen molar-refractivity contribution in [2.24, 2.45) is 0 Å². The topological polar surface area (TPSA) is 65.7 Å². The van der Waals surface area contributed by atoms with Crippen molar-refractivity contribution in [1.82, 2.24) is 14.0 Å². The van der Waals surface area contributed by atoms with Gasteiger partial charge in [0.15, 0.2) is 0 Å². The van der Waals surface area contributed by atoms with Crippen molar-refractivity contribution in [3.05, 3.63) is 144 Å². The molecule has 0 aliphatic carbocycles. The number of benzene rings is 6. The highest BCUT2D eigenvalue weighted by Gasteiger charge is 2.22. The second kappa shape index (κ2) is 16.8. The van der Waals surface area contributed by atoms with Crippen LogP contribution in [0.25, 0.3) is 65.9 Å². The maximum Gasteiger partial charge on any atom is 0.337 e. The SMILES string of the molecule is CCCC(CCC)N1Cc2ccc3c(c2)c2cc(-c4ccc(C(=O)OC)cc4)ccc2n3CCCCn2c3ccc(cc3c3cc(-c4ccc(C(=O)OC)cc4)ccc32)C1. The van der Waals surface area contributed by atoms with Gasteiger partial charge in [-0.25, -0.2) is 9.59 Å². The third kappa shape index (κ3) is 7.36. The van der Waals surface area contributed by atoms with Crippen LogP contribution in [-0.2, 0) is 35.7 Å². The summed E-state index contributed by atoms with van der Waals surface area (Å²) in [5.74, 6) is -0.650. The molecule has 304 valence electrons. The van der Waals surface area contributed by atoms with Gasteiger partial charge in [-0.15, -0.1) is 0 Å². The summed E-state index contributed by atoms with van der Waals surface area (Å²) in [6.45, 7) is 8.19. The Bertz CT molecular complexity index is 2670. The minimum atomic E-state index is -0.325. The first-order valence-electron chi connectivity index (χ1n) is 21.6. The fourth-order valence-electron chi connectivity index (χ4n) is 9.67. The van der Waals surface area contributed by atoms with Gasteiger partial charge in [-0.1, -0.05) is 75.2 Å². The second-order valence-corrected chi connectivity index (χ2v) is 16.5. The minimum absolute atomic E-state index is 0.325. The van der Waals surface area contributed by atoms with Crippen molar-refractivity contribution in [3.8, 4) is 22.3 Å². The molecular weight excluding hydrogens is 743 g/mol. The fraction of sp³-hybridized carbons (Fsp3) is 0.283. The van der Waals surface area contributed by atoms with Gasteiger partial charge in [0.05, 0.1) is 25.3 Å². The summed E-state index contributed by atoms with van der Waals surface area (Å²) in [4.78, 5) is 27.1. The van der Waals surface area contributed by atoms with Crippen LogP contribution in [0.1, 0.15) is 84.2 Å². The van der Waals surface area contributed by atoms with Gasteiger partial charge in [-0.3, -0.25) is 4.90 Å². The van der Waals surface area contributed by atoms with Gasteiger partial charge in [0.2, 0.25) is 0 Å². The molecule has 0 atom stereocenters. The zero-order valence-corrected chi connectivity index (χ0v) is 35.2. The fourth-order valence-corrected chi connectivity index (χ4v) is 9.67. The zero-order valence-electron chi connectivity index (χ0n) is 35.2. The van der Waals surface area contributed by atoms with Gasteiger partial charge in [0.1, 0.15) is 0 Å². The van der Waals surface area contributed by atoms with Crippen LogP contribution in [0.3, 0.4) is 0 Å². The van der Waals surface area contributed by atoms with Crippen LogP contribution in [0, 0.1) is 0 Å². The number of hydrogen-bond acceptors (Lipinski definition) is 5. The van der Waals surface area contributed by atoms with E-state index in [1.807, 2.05) is 48.5 Å². The van der Waals surface area contributed by atoms with E-state index >= 15 is 0 Å². The van der Waals surface area contributed by atoms with Crippen LogP contribution < -0.4 is 0 Å². The third-order valence-corrected chi connectivity index (χ3v) is 12.7. The molecule has 0 spiro atoms. The molecule has 5 heterocycles. The molecule has 3 aliphatic heterocycles. The number of carbonyl (C=O) groups excluding carboxylic acids is 2. The molecule has 0 unspecified atom stereocenters. The van der Waals surface area contributed by atoms with Gasteiger partial charge in [0, 0.05) is 75.8 Å². The summed E-state index contributed by atoms with van der Waals surface area (Å²) in [5, 5.41) is 5.11. The molecule has 11 rings (SSSR count). The smallest absolute Gasteiger partial charge is 0.337 e. The van der Waals surface area contributed by atoms with E-state index in [2.05, 4.69) is 101 Å². The third-order valence-electron chi connectivity index (χ3n) is 12.7. The highest BCUT2D eigenvalue weighted by atomic mass is 16.5. The normalized spacial score (nSPS) is 13.8. The average molecular weight is 796 g/mol. The maximum absolute atomic E-state index is 12.2. The second-order valence-electron chi connectivity index (χ2n) is 16.5. The number of ether oxygens (including phenoxy) is 2. The quantitative estimate of drug-likeness (QED) is 0.136. The van der Waals surface area contributed by atoms with Gasteiger partial charge in [-0.2, -0.15) is 0 Å². The van der Waals surface area contributed by atoms with Gasteiger partial charge >= 0.3 is 11.9 Å². The van der Waals surface area contributed by atoms with Crippen molar-refractivity contribution in [2.45, 2.75) is 84.6 Å². The van der Waals surface area contributed by atoms with Crippen LogP contribution >= 0.6 is 0 Å². The van der Waals surface area contributed by atoms with Crippen LogP contribution in [-0.4, -0.2) is 46.2 Å². The molecule has 6 aromatic carbocycles. The van der Waals surface area contributed by atoms with E-state index in [4.69, 9.17) is 9.47 Å². The highest BCUT2D eigenvalue weighted by molar-refractivity contribution is 6.11. The Balaban J connectivity index is 1.15. The molecule has 0 radical (unpaired) electrons. The summed E-state index contributed by atoms with van der Waals surface area (Å²) in [5.41, 5.74) is 13.2. The molecule has 0 fully saturated rings. The number of fused-ring (bicyclic) bond motifs is 2. The largest absolute Gasteiger partial charge is 0.465 e. The Morgan fingerprint density at radius 3 is 1.25 bits per heavy atom. The monoisotopic (exact) mass is 795 g/mol. The van der Waals surface area contributed by atoms with Crippen LogP contribution in [0.2, 0.25) is 0 Å². The number of aromatic nitrogens is 2. The summed E-state index contributed by atoms with van der Waals surface area (Å²) < 4.78 is 15.0. The van der Waals surface area contributed by atoms with E-state index < -0.39 is 0 Å². The zero-order chi connectivity index (χ0) is 41.3. The molecule has 8 bridgehead atoms. The number of hydrogen-bond donors (Lipinski definition) is 0. The van der Waals surface area contributed by atoms with E-state index in [0.29, 0.717) is 17.2 Å². The molecule has 60 heavy (non-hydrogen) atoms. The predicted octanol–water partition coefficient (Wildman–Crippen LogP) is 12.6. The molecule has 7 nitrogen and oxygen atoms in total. The van der Waals surface area contributed by atoms with Crippen LogP contribution in [0.5, 0.6) is 0 Å². The molecule has 0 saturated carbocycles. The summed E-state index contributed by atoms with van der Waals surface area (Å²) >= 11 is 0. The minimum Gasteiger partial charge on any atom is -0.465 e. The number of carbonyl (C=O) groups is 2. The number of methoxy groups -OCH3 is 2. The van der Waals surface area contributed by atoms with Crippen molar-refractivity contribution in [1.29, 1.82) is 0 Å². The molecule has 0 N–H and O–H groups in total. The predicted molar refractivity (Wildman–Crippen MR) is 245 cm³/mol. The molecule has 8 aromatic rings. The van der Waals surface area contributed by atoms with Crippen molar-refractivity contribution < 1.29 is 19.1 Å². The standard InChI is InChI=1S/C53H53N3O4/c1-5-9-43(10-6-2)54-33-35-11-23-48-44(29-35)46-31-41(37-13-17-39(18-14-37)52(57)59-3)21-25-50(46)55(48)27-7-8-28-56-49-24-12-36(34-54)30-45(49)47-32-42(22-26-51(47)56)38-15-19-40(20-16-38)53(58)60-4/h11-26,29-32,43H,5-10,27-28,33-34H2,1-4H3. The Hall–Kier alpha value is -6.18. The lowest BCUT2D eigenvalue weighted by Crippen LogP contribution is -2.34. The maximum atomic E-state index is 12.2. The van der Waals surface area contributed by atoms with E-state index in [1.165, 1.54) is 69.0 Å². The van der Waals surface area contributed by atoms with Crippen LogP contribution in [0.15, 0.2) is 121 Å². The lowest BCUT2D eigenvalue weighted by atomic mass is 9.99. The number of rotatable bonds is 9. The Labute approximate surface area is 352 Å². The molecule has 0 amide bonds. The molecule has 3 aliphatic rings. The highest BCUT2D eigenvalue weighted by Crippen LogP contribution is 2.37.